The third kappa shape index (κ3) is 4.80. The second kappa shape index (κ2) is 8.11. The summed E-state index contributed by atoms with van der Waals surface area (Å²) in [4.78, 5) is 11.0. The zero-order valence-electron chi connectivity index (χ0n) is 12.8. The van der Waals surface area contributed by atoms with E-state index in [9.17, 15) is 0 Å². The molecule has 7 nitrogen and oxygen atoms in total. The highest BCUT2D eigenvalue weighted by Gasteiger charge is 2.17. The van der Waals surface area contributed by atoms with Crippen molar-refractivity contribution in [2.75, 3.05) is 43.7 Å². The molecule has 1 unspecified atom stereocenters. The summed E-state index contributed by atoms with van der Waals surface area (Å²) in [6, 6.07) is 1.85. The predicted octanol–water partition coefficient (Wildman–Crippen LogP) is 1.16. The van der Waals surface area contributed by atoms with Gasteiger partial charge in [0.2, 0.25) is 0 Å². The van der Waals surface area contributed by atoms with E-state index in [2.05, 4.69) is 20.3 Å². The lowest BCUT2D eigenvalue weighted by Crippen LogP contribution is -2.31. The summed E-state index contributed by atoms with van der Waals surface area (Å²) in [6.45, 7) is 5.58. The first-order valence-electron chi connectivity index (χ1n) is 7.44. The highest BCUT2D eigenvalue weighted by Crippen LogP contribution is 2.19. The van der Waals surface area contributed by atoms with Crippen molar-refractivity contribution in [3.63, 3.8) is 0 Å². The van der Waals surface area contributed by atoms with E-state index in [4.69, 9.17) is 15.3 Å². The van der Waals surface area contributed by atoms with Crippen LogP contribution in [0.4, 0.5) is 11.6 Å². The van der Waals surface area contributed by atoms with Crippen molar-refractivity contribution >= 4 is 11.6 Å². The molecule has 1 saturated heterocycles. The van der Waals surface area contributed by atoms with Crippen LogP contribution in [0.15, 0.2) is 6.07 Å². The van der Waals surface area contributed by atoms with E-state index in [-0.39, 0.29) is 0 Å². The van der Waals surface area contributed by atoms with Crippen molar-refractivity contribution in [2.45, 2.75) is 26.4 Å². The Morgan fingerprint density at radius 1 is 1.52 bits per heavy atom. The maximum absolute atomic E-state index is 5.53. The van der Waals surface area contributed by atoms with Crippen LogP contribution in [0.3, 0.4) is 0 Å². The first kappa shape index (κ1) is 15.9. The molecule has 1 aromatic rings. The van der Waals surface area contributed by atoms with Crippen LogP contribution in [0, 0.1) is 5.92 Å². The molecule has 0 aliphatic carbocycles. The van der Waals surface area contributed by atoms with Crippen LogP contribution in [-0.4, -0.2) is 43.4 Å². The van der Waals surface area contributed by atoms with Crippen molar-refractivity contribution in [1.82, 2.24) is 9.97 Å². The number of aromatic nitrogens is 2. The number of nitrogens with one attached hydrogen (secondary N) is 1. The topological polar surface area (TPSA) is 85.5 Å². The molecule has 118 valence electrons. The van der Waals surface area contributed by atoms with Crippen LogP contribution in [0.5, 0.6) is 0 Å². The molecule has 1 aliphatic heterocycles. The van der Waals surface area contributed by atoms with Gasteiger partial charge in [-0.2, -0.15) is 0 Å². The van der Waals surface area contributed by atoms with Crippen LogP contribution in [-0.2, 0) is 16.1 Å². The quantitative estimate of drug-likeness (QED) is 0.576. The van der Waals surface area contributed by atoms with Gasteiger partial charge in [-0.25, -0.2) is 15.8 Å². The Kier molecular flexibility index (Phi) is 6.16. The monoisotopic (exact) mass is 295 g/mol. The molecule has 0 radical (unpaired) electrons. The number of nitrogens with zero attached hydrogens (tertiary/aromatic N) is 3. The average Bonchev–Trinajstić information content (AvgIpc) is 2.53. The van der Waals surface area contributed by atoms with Gasteiger partial charge >= 0.3 is 0 Å². The molecule has 1 atom stereocenters. The third-order valence-corrected chi connectivity index (χ3v) is 3.52. The highest BCUT2D eigenvalue weighted by atomic mass is 16.5. The Labute approximate surface area is 125 Å². The van der Waals surface area contributed by atoms with Crippen LogP contribution in [0.25, 0.3) is 0 Å². The molecule has 2 rings (SSSR count). The second-order valence-electron chi connectivity index (χ2n) is 5.27. The van der Waals surface area contributed by atoms with E-state index in [1.807, 2.05) is 20.0 Å². The molecule has 7 heteroatoms. The molecular formula is C14H25N5O2. The molecule has 1 aliphatic rings. The van der Waals surface area contributed by atoms with E-state index < -0.39 is 0 Å². The van der Waals surface area contributed by atoms with E-state index in [1.165, 1.54) is 6.42 Å². The number of hydrogen-bond donors (Lipinski definition) is 2. The number of hydrogen-bond acceptors (Lipinski definition) is 7. The van der Waals surface area contributed by atoms with Gasteiger partial charge in [0.1, 0.15) is 18.2 Å². The molecule has 21 heavy (non-hydrogen) atoms. The zero-order valence-corrected chi connectivity index (χ0v) is 12.8. The van der Waals surface area contributed by atoms with Crippen molar-refractivity contribution in [2.24, 2.45) is 11.8 Å². The summed E-state index contributed by atoms with van der Waals surface area (Å²) in [6.07, 6.45) is 2.33. The lowest BCUT2D eigenvalue weighted by atomic mass is 10.0. The van der Waals surface area contributed by atoms with Gasteiger partial charge < -0.3 is 19.8 Å². The van der Waals surface area contributed by atoms with Crippen LogP contribution in [0.1, 0.15) is 25.6 Å². The van der Waals surface area contributed by atoms with Crippen LogP contribution in [0.2, 0.25) is 0 Å². The second-order valence-corrected chi connectivity index (χ2v) is 5.27. The van der Waals surface area contributed by atoms with Gasteiger partial charge in [0.25, 0.3) is 0 Å². The van der Waals surface area contributed by atoms with Crippen molar-refractivity contribution in [1.29, 1.82) is 0 Å². The number of rotatable bonds is 7. The standard InChI is InChI=1S/C14H25N5O2/c1-3-20-10-13-16-12(18-15)7-14(17-13)19(2)8-11-5-4-6-21-9-11/h7,11H,3-6,8-10,15H2,1-2H3,(H,16,17,18). The van der Waals surface area contributed by atoms with E-state index >= 15 is 0 Å². The number of nitrogen functional groups attached to an aromatic ring is 1. The number of ether oxygens (including phenoxy) is 2. The summed E-state index contributed by atoms with van der Waals surface area (Å²) < 4.78 is 10.9. The van der Waals surface area contributed by atoms with Crippen LogP contribution < -0.4 is 16.2 Å². The zero-order chi connectivity index (χ0) is 15.1. The third-order valence-electron chi connectivity index (χ3n) is 3.52. The van der Waals surface area contributed by atoms with E-state index in [1.54, 1.807) is 0 Å². The maximum atomic E-state index is 5.53. The van der Waals surface area contributed by atoms with Gasteiger partial charge in [0.15, 0.2) is 5.82 Å². The average molecular weight is 295 g/mol. The van der Waals surface area contributed by atoms with E-state index in [0.717, 1.165) is 32.0 Å². The molecular weight excluding hydrogens is 270 g/mol. The molecule has 1 fully saturated rings. The van der Waals surface area contributed by atoms with E-state index in [0.29, 0.717) is 30.8 Å². The normalized spacial score (nSPS) is 18.5. The largest absolute Gasteiger partial charge is 0.381 e. The molecule has 0 bridgehead atoms. The lowest BCUT2D eigenvalue weighted by Gasteiger charge is -2.28. The molecule has 0 aromatic carbocycles. The SMILES string of the molecule is CCOCc1nc(NN)cc(N(C)CC2CCCOC2)n1. The van der Waals surface area contributed by atoms with Gasteiger partial charge in [0, 0.05) is 32.9 Å². The Balaban J connectivity index is 2.05. The fourth-order valence-corrected chi connectivity index (χ4v) is 2.44. The molecule has 1 aromatic heterocycles. The Morgan fingerprint density at radius 2 is 2.38 bits per heavy atom. The number of anilines is 2. The summed E-state index contributed by atoms with van der Waals surface area (Å²) in [7, 11) is 2.03. The first-order chi connectivity index (χ1) is 10.2. The minimum absolute atomic E-state index is 0.388. The van der Waals surface area contributed by atoms with Gasteiger partial charge in [-0.1, -0.05) is 0 Å². The van der Waals surface area contributed by atoms with Crippen LogP contribution >= 0.6 is 0 Å². The molecule has 0 spiro atoms. The van der Waals surface area contributed by atoms with Crippen molar-refractivity contribution in [3.05, 3.63) is 11.9 Å². The van der Waals surface area contributed by atoms with Gasteiger partial charge in [-0.15, -0.1) is 0 Å². The van der Waals surface area contributed by atoms with Gasteiger partial charge in [-0.05, 0) is 25.7 Å². The first-order valence-corrected chi connectivity index (χ1v) is 7.44. The highest BCUT2D eigenvalue weighted by molar-refractivity contribution is 5.48. The minimum atomic E-state index is 0.388. The molecule has 0 saturated carbocycles. The predicted molar refractivity (Wildman–Crippen MR) is 82.0 cm³/mol. The summed E-state index contributed by atoms with van der Waals surface area (Å²) in [5, 5.41) is 0. The smallest absolute Gasteiger partial charge is 0.158 e. The summed E-state index contributed by atoms with van der Waals surface area (Å²) in [5.41, 5.74) is 2.58. The Morgan fingerprint density at radius 3 is 3.05 bits per heavy atom. The fraction of sp³-hybridized carbons (Fsp3) is 0.714. The summed E-state index contributed by atoms with van der Waals surface area (Å²) in [5.74, 6) is 8.10. The van der Waals surface area contributed by atoms with Crippen molar-refractivity contribution < 1.29 is 9.47 Å². The molecule has 2 heterocycles. The number of hydrazine groups is 1. The number of nitrogens with two attached hydrogens (primary N) is 1. The fourth-order valence-electron chi connectivity index (χ4n) is 2.44. The summed E-state index contributed by atoms with van der Waals surface area (Å²) >= 11 is 0. The lowest BCUT2D eigenvalue weighted by molar-refractivity contribution is 0.0576. The molecule has 0 amide bonds. The van der Waals surface area contributed by atoms with Gasteiger partial charge in [0.05, 0.1) is 6.61 Å². The maximum Gasteiger partial charge on any atom is 0.158 e. The molecule has 3 N–H and O–H groups in total. The van der Waals surface area contributed by atoms with Crippen molar-refractivity contribution in [3.8, 4) is 0 Å². The Bertz CT molecular complexity index is 437. The minimum Gasteiger partial charge on any atom is -0.381 e. The Hall–Kier alpha value is -1.44. The van der Waals surface area contributed by atoms with Gasteiger partial charge in [-0.3, -0.25) is 0 Å².